The summed E-state index contributed by atoms with van der Waals surface area (Å²) in [6, 6.07) is 15.1. The SMILES string of the molecule is CCOC(=O)c1cc(Cn2c(SCC(=O)Nc3ccc(C)c(C)c3)nc3ccccc32)on1. The first-order valence-electron chi connectivity index (χ1n) is 10.5. The van der Waals surface area contributed by atoms with Crippen molar-refractivity contribution in [2.24, 2.45) is 0 Å². The Morgan fingerprint density at radius 3 is 2.73 bits per heavy atom. The lowest BCUT2D eigenvalue weighted by Gasteiger charge is -2.09. The van der Waals surface area contributed by atoms with Crippen LogP contribution in [0, 0.1) is 13.8 Å². The number of aryl methyl sites for hydroxylation is 2. The van der Waals surface area contributed by atoms with Gasteiger partial charge in [-0.3, -0.25) is 4.79 Å². The van der Waals surface area contributed by atoms with E-state index in [-0.39, 0.29) is 24.0 Å². The fraction of sp³-hybridized carbons (Fsp3) is 0.250. The second kappa shape index (κ2) is 9.91. The zero-order valence-corrected chi connectivity index (χ0v) is 19.4. The van der Waals surface area contributed by atoms with Gasteiger partial charge >= 0.3 is 5.97 Å². The maximum Gasteiger partial charge on any atom is 0.360 e. The molecule has 0 unspecified atom stereocenters. The van der Waals surface area contributed by atoms with E-state index in [1.54, 1.807) is 13.0 Å². The number of anilines is 1. The van der Waals surface area contributed by atoms with Crippen LogP contribution in [0.4, 0.5) is 5.69 Å². The normalized spacial score (nSPS) is 11.0. The van der Waals surface area contributed by atoms with Gasteiger partial charge < -0.3 is 19.1 Å². The number of nitrogens with one attached hydrogen (secondary N) is 1. The van der Waals surface area contributed by atoms with Gasteiger partial charge in [-0.15, -0.1) is 0 Å². The van der Waals surface area contributed by atoms with Crippen LogP contribution < -0.4 is 5.32 Å². The van der Waals surface area contributed by atoms with Crippen molar-refractivity contribution in [2.75, 3.05) is 17.7 Å². The van der Waals surface area contributed by atoms with E-state index in [0.717, 1.165) is 22.3 Å². The van der Waals surface area contributed by atoms with Crippen LogP contribution in [0.3, 0.4) is 0 Å². The Hall–Kier alpha value is -3.59. The quantitative estimate of drug-likeness (QED) is 0.301. The van der Waals surface area contributed by atoms with Gasteiger partial charge in [0.1, 0.15) is 0 Å². The Morgan fingerprint density at radius 2 is 1.94 bits per heavy atom. The van der Waals surface area contributed by atoms with Crippen LogP contribution >= 0.6 is 11.8 Å². The Kier molecular flexibility index (Phi) is 6.79. The van der Waals surface area contributed by atoms with Gasteiger partial charge in [0.05, 0.1) is 29.9 Å². The highest BCUT2D eigenvalue weighted by atomic mass is 32.2. The molecule has 8 nitrogen and oxygen atoms in total. The summed E-state index contributed by atoms with van der Waals surface area (Å²) >= 11 is 1.33. The predicted molar refractivity (Wildman–Crippen MR) is 127 cm³/mol. The van der Waals surface area contributed by atoms with Crippen molar-refractivity contribution in [1.82, 2.24) is 14.7 Å². The standard InChI is InChI=1S/C24H24N4O4S/c1-4-31-23(30)20-12-18(32-27-20)13-28-21-8-6-5-7-19(21)26-24(28)33-14-22(29)25-17-10-9-15(2)16(3)11-17/h5-12H,4,13-14H2,1-3H3,(H,25,29). The van der Waals surface area contributed by atoms with Crippen molar-refractivity contribution in [2.45, 2.75) is 32.5 Å². The van der Waals surface area contributed by atoms with Crippen molar-refractivity contribution in [3.05, 3.63) is 71.1 Å². The van der Waals surface area contributed by atoms with E-state index in [4.69, 9.17) is 9.26 Å². The molecule has 4 rings (SSSR count). The second-order valence-corrected chi connectivity index (χ2v) is 8.45. The summed E-state index contributed by atoms with van der Waals surface area (Å²) in [5.74, 6) is 0.0372. The number of carbonyl (C=O) groups is 2. The van der Waals surface area contributed by atoms with E-state index < -0.39 is 5.97 Å². The highest BCUT2D eigenvalue weighted by Crippen LogP contribution is 2.26. The van der Waals surface area contributed by atoms with E-state index in [2.05, 4.69) is 15.5 Å². The maximum atomic E-state index is 12.6. The molecule has 0 radical (unpaired) electrons. The first-order chi connectivity index (χ1) is 15.9. The maximum absolute atomic E-state index is 12.6. The van der Waals surface area contributed by atoms with Gasteiger partial charge in [-0.25, -0.2) is 9.78 Å². The number of fused-ring (bicyclic) bond motifs is 1. The molecule has 0 bridgehead atoms. The van der Waals surface area contributed by atoms with Gasteiger partial charge in [0.25, 0.3) is 0 Å². The van der Waals surface area contributed by atoms with Crippen molar-refractivity contribution in [3.8, 4) is 0 Å². The first-order valence-corrected chi connectivity index (χ1v) is 11.5. The van der Waals surface area contributed by atoms with Crippen molar-refractivity contribution in [1.29, 1.82) is 0 Å². The van der Waals surface area contributed by atoms with Gasteiger partial charge in [-0.2, -0.15) is 0 Å². The molecule has 0 spiro atoms. The van der Waals surface area contributed by atoms with Gasteiger partial charge in [-0.1, -0.05) is 35.1 Å². The fourth-order valence-corrected chi connectivity index (χ4v) is 4.12. The molecule has 0 atom stereocenters. The molecule has 1 amide bonds. The van der Waals surface area contributed by atoms with E-state index in [1.807, 2.05) is 60.9 Å². The summed E-state index contributed by atoms with van der Waals surface area (Å²) in [7, 11) is 0. The summed E-state index contributed by atoms with van der Waals surface area (Å²) in [5.41, 5.74) is 4.89. The summed E-state index contributed by atoms with van der Waals surface area (Å²) in [4.78, 5) is 29.1. The second-order valence-electron chi connectivity index (χ2n) is 7.50. The minimum atomic E-state index is -0.527. The number of nitrogens with zero attached hydrogens (tertiary/aromatic N) is 3. The lowest BCUT2D eigenvalue weighted by molar-refractivity contribution is -0.113. The third-order valence-corrected chi connectivity index (χ3v) is 6.08. The summed E-state index contributed by atoms with van der Waals surface area (Å²) < 4.78 is 12.3. The number of carbonyl (C=O) groups excluding carboxylic acids is 2. The number of benzene rings is 2. The topological polar surface area (TPSA) is 99.2 Å². The summed E-state index contributed by atoms with van der Waals surface area (Å²) in [5, 5.41) is 7.41. The molecule has 1 N–H and O–H groups in total. The van der Waals surface area contributed by atoms with Gasteiger partial charge in [0, 0.05) is 11.8 Å². The number of amides is 1. The molecular weight excluding hydrogens is 440 g/mol. The summed E-state index contributed by atoms with van der Waals surface area (Å²) in [6.45, 7) is 6.35. The molecule has 9 heteroatoms. The van der Waals surface area contributed by atoms with Gasteiger partial charge in [0.2, 0.25) is 5.91 Å². The van der Waals surface area contributed by atoms with Crippen LogP contribution in [-0.4, -0.2) is 38.9 Å². The molecule has 2 aromatic carbocycles. The van der Waals surface area contributed by atoms with Gasteiger partial charge in [-0.05, 0) is 56.2 Å². The van der Waals surface area contributed by atoms with Crippen molar-refractivity contribution in [3.63, 3.8) is 0 Å². The molecule has 0 aliphatic heterocycles. The van der Waals surface area contributed by atoms with Crippen molar-refractivity contribution < 1.29 is 18.8 Å². The number of aromatic nitrogens is 3. The van der Waals surface area contributed by atoms with Crippen LogP contribution in [0.25, 0.3) is 11.0 Å². The van der Waals surface area contributed by atoms with Gasteiger partial charge in [0.15, 0.2) is 16.6 Å². The largest absolute Gasteiger partial charge is 0.461 e. The molecule has 0 saturated heterocycles. The average molecular weight is 465 g/mol. The van der Waals surface area contributed by atoms with E-state index in [0.29, 0.717) is 17.5 Å². The molecular formula is C24H24N4O4S. The van der Waals surface area contributed by atoms with Crippen LogP contribution in [0.2, 0.25) is 0 Å². The predicted octanol–water partition coefficient (Wildman–Crippen LogP) is 4.60. The molecule has 2 aromatic heterocycles. The molecule has 0 fully saturated rings. The van der Waals surface area contributed by atoms with Crippen LogP contribution in [0.15, 0.2) is 58.2 Å². The lowest BCUT2D eigenvalue weighted by Crippen LogP contribution is -2.15. The van der Waals surface area contributed by atoms with Crippen LogP contribution in [0.5, 0.6) is 0 Å². The molecule has 0 saturated carbocycles. The number of hydrogen-bond acceptors (Lipinski definition) is 7. The Bertz CT molecular complexity index is 1310. The van der Waals surface area contributed by atoms with E-state index >= 15 is 0 Å². The molecule has 4 aromatic rings. The molecule has 33 heavy (non-hydrogen) atoms. The number of hydrogen-bond donors (Lipinski definition) is 1. The van der Waals surface area contributed by atoms with Crippen LogP contribution in [-0.2, 0) is 16.1 Å². The monoisotopic (exact) mass is 464 g/mol. The smallest absolute Gasteiger partial charge is 0.360 e. The third kappa shape index (κ3) is 5.25. The molecule has 170 valence electrons. The molecule has 0 aliphatic carbocycles. The molecule has 0 aliphatic rings. The summed E-state index contributed by atoms with van der Waals surface area (Å²) in [6.07, 6.45) is 0. The zero-order chi connectivity index (χ0) is 23.4. The van der Waals surface area contributed by atoms with E-state index in [1.165, 1.54) is 17.3 Å². The molecule has 2 heterocycles. The van der Waals surface area contributed by atoms with Crippen molar-refractivity contribution >= 4 is 40.4 Å². The minimum absolute atomic E-state index is 0.119. The van der Waals surface area contributed by atoms with E-state index in [9.17, 15) is 9.59 Å². The van der Waals surface area contributed by atoms with Crippen LogP contribution in [0.1, 0.15) is 34.3 Å². The zero-order valence-electron chi connectivity index (χ0n) is 18.6. The Morgan fingerprint density at radius 1 is 1.12 bits per heavy atom. The Balaban J connectivity index is 1.51. The Labute approximate surface area is 195 Å². The number of para-hydroxylation sites is 2. The average Bonchev–Trinajstić information content (AvgIpc) is 3.40. The fourth-order valence-electron chi connectivity index (χ4n) is 3.31. The number of esters is 1. The highest BCUT2D eigenvalue weighted by Gasteiger charge is 2.18. The third-order valence-electron chi connectivity index (χ3n) is 5.10. The number of ether oxygens (including phenoxy) is 1. The highest BCUT2D eigenvalue weighted by molar-refractivity contribution is 7.99. The first kappa shape index (κ1) is 22.6. The number of rotatable bonds is 8. The minimum Gasteiger partial charge on any atom is -0.461 e. The number of imidazole rings is 1. The lowest BCUT2D eigenvalue weighted by atomic mass is 10.1. The number of thioether (sulfide) groups is 1.